The van der Waals surface area contributed by atoms with Gasteiger partial charge in [0.05, 0.1) is 26.7 Å². The lowest BCUT2D eigenvalue weighted by Crippen LogP contribution is -2.44. The molecule has 2 aromatic rings. The van der Waals surface area contributed by atoms with E-state index in [-0.39, 0.29) is 25.5 Å². The summed E-state index contributed by atoms with van der Waals surface area (Å²) in [7, 11) is 1.58. The number of carboxylic acids is 1. The third kappa shape index (κ3) is 5.06. The minimum atomic E-state index is -1.14. The summed E-state index contributed by atoms with van der Waals surface area (Å²) in [6, 6.07) is 10.2. The first-order valence-electron chi connectivity index (χ1n) is 7.81. The lowest BCUT2D eigenvalue weighted by atomic mass is 10.0. The molecule has 0 aliphatic rings. The van der Waals surface area contributed by atoms with Gasteiger partial charge < -0.3 is 19.9 Å². The summed E-state index contributed by atoms with van der Waals surface area (Å²) in [6.45, 7) is 3.60. The summed E-state index contributed by atoms with van der Waals surface area (Å²) in [5.74, 6) is -0.830. The Labute approximate surface area is 146 Å². The molecule has 2 rings (SSSR count). The van der Waals surface area contributed by atoms with Crippen molar-refractivity contribution in [3.8, 4) is 5.75 Å². The van der Waals surface area contributed by atoms with Crippen LogP contribution in [0.1, 0.15) is 5.56 Å². The minimum Gasteiger partial charge on any atom is -0.497 e. The summed E-state index contributed by atoms with van der Waals surface area (Å²) < 4.78 is 10.4. The van der Waals surface area contributed by atoms with E-state index in [0.29, 0.717) is 5.75 Å². The zero-order valence-corrected chi connectivity index (χ0v) is 14.0. The number of methoxy groups -OCH3 is 1. The Kier molecular flexibility index (Phi) is 6.54. The largest absolute Gasteiger partial charge is 0.497 e. The van der Waals surface area contributed by atoms with Crippen molar-refractivity contribution < 1.29 is 24.2 Å². The average molecular weight is 343 g/mol. The highest BCUT2D eigenvalue weighted by Gasteiger charge is 2.20. The Morgan fingerprint density at radius 1 is 1.32 bits per heavy atom. The van der Waals surface area contributed by atoms with Crippen LogP contribution in [0.15, 0.2) is 49.1 Å². The first-order chi connectivity index (χ1) is 12.0. The van der Waals surface area contributed by atoms with E-state index >= 15 is 0 Å². The summed E-state index contributed by atoms with van der Waals surface area (Å²) in [4.78, 5) is 23.5. The van der Waals surface area contributed by atoms with Gasteiger partial charge >= 0.3 is 5.97 Å². The molecule has 25 heavy (non-hydrogen) atoms. The number of benzene rings is 2. The van der Waals surface area contributed by atoms with Crippen LogP contribution in [0.3, 0.4) is 0 Å². The first kappa shape index (κ1) is 18.5. The van der Waals surface area contributed by atoms with Crippen LogP contribution in [0.4, 0.5) is 0 Å². The lowest BCUT2D eigenvalue weighted by Gasteiger charge is -2.15. The molecule has 0 bridgehead atoms. The number of ether oxygens (including phenoxy) is 2. The van der Waals surface area contributed by atoms with E-state index < -0.39 is 12.0 Å². The fourth-order valence-corrected chi connectivity index (χ4v) is 2.46. The van der Waals surface area contributed by atoms with Crippen molar-refractivity contribution in [2.24, 2.45) is 0 Å². The number of rotatable bonds is 9. The van der Waals surface area contributed by atoms with Gasteiger partial charge in [-0.05, 0) is 28.5 Å². The monoisotopic (exact) mass is 343 g/mol. The maximum atomic E-state index is 12.3. The predicted molar refractivity (Wildman–Crippen MR) is 94.8 cm³/mol. The molecule has 0 heterocycles. The normalized spacial score (nSPS) is 11.7. The van der Waals surface area contributed by atoms with E-state index in [4.69, 9.17) is 9.47 Å². The number of hydrogen-bond acceptors (Lipinski definition) is 4. The van der Waals surface area contributed by atoms with Gasteiger partial charge in [-0.2, -0.15) is 0 Å². The van der Waals surface area contributed by atoms with Crippen LogP contribution in [-0.4, -0.2) is 43.3 Å². The molecule has 0 aliphatic heterocycles. The second-order valence-corrected chi connectivity index (χ2v) is 5.47. The molecule has 6 nitrogen and oxygen atoms in total. The smallest absolute Gasteiger partial charge is 0.328 e. The summed E-state index contributed by atoms with van der Waals surface area (Å²) in [5.41, 5.74) is 0.796. The van der Waals surface area contributed by atoms with Crippen molar-refractivity contribution in [3.63, 3.8) is 0 Å². The number of amides is 1. The maximum absolute atomic E-state index is 12.3. The third-order valence-corrected chi connectivity index (χ3v) is 3.68. The Morgan fingerprint density at radius 2 is 2.12 bits per heavy atom. The third-order valence-electron chi connectivity index (χ3n) is 3.68. The fourth-order valence-electron chi connectivity index (χ4n) is 2.46. The molecule has 1 atom stereocenters. The second-order valence-electron chi connectivity index (χ2n) is 5.47. The number of nitrogens with one attached hydrogen (secondary N) is 1. The Bertz CT molecular complexity index is 771. The van der Waals surface area contributed by atoms with Crippen molar-refractivity contribution in [3.05, 3.63) is 54.6 Å². The van der Waals surface area contributed by atoms with Gasteiger partial charge in [0.1, 0.15) is 5.75 Å². The van der Waals surface area contributed by atoms with E-state index in [0.717, 1.165) is 16.3 Å². The molecule has 0 saturated carbocycles. The van der Waals surface area contributed by atoms with Gasteiger partial charge in [-0.3, -0.25) is 4.79 Å². The maximum Gasteiger partial charge on any atom is 0.328 e. The van der Waals surface area contributed by atoms with E-state index in [2.05, 4.69) is 11.9 Å². The van der Waals surface area contributed by atoms with E-state index in [1.165, 1.54) is 6.08 Å². The Hall–Kier alpha value is -2.86. The number of carboxylic acid groups (broad SMARTS) is 1. The highest BCUT2D eigenvalue weighted by molar-refractivity contribution is 5.92. The highest BCUT2D eigenvalue weighted by atomic mass is 16.5. The number of aliphatic carboxylic acids is 1. The van der Waals surface area contributed by atoms with Crippen molar-refractivity contribution >= 4 is 22.6 Å². The molecule has 2 N–H and O–H groups in total. The molecule has 6 heteroatoms. The van der Waals surface area contributed by atoms with Gasteiger partial charge in [-0.15, -0.1) is 6.58 Å². The summed E-state index contributed by atoms with van der Waals surface area (Å²) in [5, 5.41) is 13.6. The molecule has 0 fully saturated rings. The van der Waals surface area contributed by atoms with Crippen LogP contribution < -0.4 is 10.1 Å². The zero-order valence-electron chi connectivity index (χ0n) is 14.0. The lowest BCUT2D eigenvalue weighted by molar-refractivity contribution is -0.143. The van der Waals surface area contributed by atoms with Gasteiger partial charge in [0.2, 0.25) is 5.91 Å². The van der Waals surface area contributed by atoms with Crippen molar-refractivity contribution in [2.45, 2.75) is 12.5 Å². The molecular weight excluding hydrogens is 322 g/mol. The Morgan fingerprint density at radius 3 is 2.80 bits per heavy atom. The minimum absolute atomic E-state index is 0.0652. The molecule has 0 aromatic heterocycles. The average Bonchev–Trinajstić information content (AvgIpc) is 2.60. The van der Waals surface area contributed by atoms with Crippen LogP contribution in [-0.2, 0) is 20.7 Å². The quantitative estimate of drug-likeness (QED) is 0.538. The van der Waals surface area contributed by atoms with E-state index in [1.807, 2.05) is 36.4 Å². The van der Waals surface area contributed by atoms with Crippen LogP contribution in [0.2, 0.25) is 0 Å². The SMILES string of the molecule is C=CCOCC(NC(=O)Cc1cccc2ccc(OC)cc12)C(=O)O. The van der Waals surface area contributed by atoms with Crippen LogP contribution in [0.25, 0.3) is 10.8 Å². The van der Waals surface area contributed by atoms with Gasteiger partial charge in [0.25, 0.3) is 0 Å². The van der Waals surface area contributed by atoms with Crippen LogP contribution in [0.5, 0.6) is 5.75 Å². The van der Waals surface area contributed by atoms with Gasteiger partial charge in [0.15, 0.2) is 6.04 Å². The van der Waals surface area contributed by atoms with Gasteiger partial charge in [0, 0.05) is 0 Å². The number of carbonyl (C=O) groups excluding carboxylic acids is 1. The number of carbonyl (C=O) groups is 2. The molecule has 0 spiro atoms. The topological polar surface area (TPSA) is 84.9 Å². The Balaban J connectivity index is 2.12. The molecule has 1 amide bonds. The molecule has 2 aromatic carbocycles. The standard InChI is InChI=1S/C19H21NO5/c1-3-9-25-12-17(19(22)23)20-18(21)10-14-6-4-5-13-7-8-15(24-2)11-16(13)14/h3-8,11,17H,1,9-10,12H2,2H3,(H,20,21)(H,22,23). The van der Waals surface area contributed by atoms with Crippen molar-refractivity contribution in [2.75, 3.05) is 20.3 Å². The van der Waals surface area contributed by atoms with Crippen LogP contribution >= 0.6 is 0 Å². The molecule has 0 radical (unpaired) electrons. The summed E-state index contributed by atoms with van der Waals surface area (Å²) >= 11 is 0. The van der Waals surface area contributed by atoms with E-state index in [1.54, 1.807) is 7.11 Å². The van der Waals surface area contributed by atoms with Crippen molar-refractivity contribution in [1.82, 2.24) is 5.32 Å². The van der Waals surface area contributed by atoms with E-state index in [9.17, 15) is 14.7 Å². The van der Waals surface area contributed by atoms with Crippen molar-refractivity contribution in [1.29, 1.82) is 0 Å². The number of hydrogen-bond donors (Lipinski definition) is 2. The molecular formula is C19H21NO5. The molecule has 0 saturated heterocycles. The first-order valence-corrected chi connectivity index (χ1v) is 7.81. The van der Waals surface area contributed by atoms with Gasteiger partial charge in [-0.1, -0.05) is 30.3 Å². The molecule has 1 unspecified atom stereocenters. The fraction of sp³-hybridized carbons (Fsp3) is 0.263. The summed E-state index contributed by atoms with van der Waals surface area (Å²) in [6.07, 6.45) is 1.58. The second kappa shape index (κ2) is 8.84. The highest BCUT2D eigenvalue weighted by Crippen LogP contribution is 2.24. The van der Waals surface area contributed by atoms with Crippen LogP contribution in [0, 0.1) is 0 Å². The van der Waals surface area contributed by atoms with Gasteiger partial charge in [-0.25, -0.2) is 4.79 Å². The number of fused-ring (bicyclic) bond motifs is 1. The predicted octanol–water partition coefficient (Wildman–Crippen LogP) is 2.16. The molecule has 132 valence electrons. The molecule has 0 aliphatic carbocycles. The zero-order chi connectivity index (χ0) is 18.2.